The highest BCUT2D eigenvalue weighted by Gasteiger charge is 2.15. The second kappa shape index (κ2) is 6.62. The van der Waals surface area contributed by atoms with E-state index in [1.807, 2.05) is 58.0 Å². The summed E-state index contributed by atoms with van der Waals surface area (Å²) < 4.78 is 5.14. The first-order valence-corrected chi connectivity index (χ1v) is 6.55. The summed E-state index contributed by atoms with van der Waals surface area (Å²) in [5, 5.41) is 3.40. The molecule has 3 nitrogen and oxygen atoms in total. The largest absolute Gasteiger partial charge is 0.444 e. The van der Waals surface area contributed by atoms with Crippen molar-refractivity contribution in [1.82, 2.24) is 5.32 Å². The van der Waals surface area contributed by atoms with Crippen molar-refractivity contribution in [3.63, 3.8) is 0 Å². The summed E-state index contributed by atoms with van der Waals surface area (Å²) in [4.78, 5) is 11.4. The molecule has 0 unspecified atom stereocenters. The van der Waals surface area contributed by atoms with Crippen molar-refractivity contribution >= 4 is 23.3 Å². The molecular weight excluding hydrogens is 262 g/mol. The molecule has 4 heteroatoms. The minimum Gasteiger partial charge on any atom is -0.444 e. The Labute approximate surface area is 119 Å². The van der Waals surface area contributed by atoms with Gasteiger partial charge < -0.3 is 10.1 Å². The number of benzene rings is 1. The van der Waals surface area contributed by atoms with Crippen molar-refractivity contribution in [2.24, 2.45) is 0 Å². The molecule has 1 aromatic carbocycles. The molecular formula is C15H20ClNO2. The van der Waals surface area contributed by atoms with E-state index in [0.29, 0.717) is 11.6 Å². The Kier molecular flexibility index (Phi) is 5.43. The minimum absolute atomic E-state index is 0.410. The monoisotopic (exact) mass is 281 g/mol. The van der Waals surface area contributed by atoms with Gasteiger partial charge in [-0.1, -0.05) is 29.8 Å². The molecule has 1 amide bonds. The SMILES string of the molecule is C/C(=C/CNC(=O)OC(C)(C)C)c1ccc(Cl)cc1. The molecule has 0 bridgehead atoms. The summed E-state index contributed by atoms with van der Waals surface area (Å²) in [5.41, 5.74) is 1.68. The zero-order valence-electron chi connectivity index (χ0n) is 11.8. The zero-order chi connectivity index (χ0) is 14.5. The fourth-order valence-electron chi connectivity index (χ4n) is 1.43. The van der Waals surface area contributed by atoms with Crippen LogP contribution in [0.4, 0.5) is 4.79 Å². The van der Waals surface area contributed by atoms with Gasteiger partial charge in [0.15, 0.2) is 0 Å². The van der Waals surface area contributed by atoms with Crippen molar-refractivity contribution < 1.29 is 9.53 Å². The minimum atomic E-state index is -0.473. The van der Waals surface area contributed by atoms with Crippen molar-refractivity contribution in [2.45, 2.75) is 33.3 Å². The van der Waals surface area contributed by atoms with Gasteiger partial charge in [-0.15, -0.1) is 0 Å². The standard InChI is InChI=1S/C15H20ClNO2/c1-11(12-5-7-13(16)8-6-12)9-10-17-14(18)19-15(2,3)4/h5-9H,10H2,1-4H3,(H,17,18)/b11-9-. The van der Waals surface area contributed by atoms with Gasteiger partial charge in [-0.25, -0.2) is 4.79 Å². The number of allylic oxidation sites excluding steroid dienone is 1. The lowest BCUT2D eigenvalue weighted by Crippen LogP contribution is -2.32. The first-order chi connectivity index (χ1) is 8.78. The summed E-state index contributed by atoms with van der Waals surface area (Å²) in [6, 6.07) is 7.58. The molecule has 0 radical (unpaired) electrons. The van der Waals surface area contributed by atoms with E-state index < -0.39 is 11.7 Å². The predicted molar refractivity (Wildman–Crippen MR) is 79.3 cm³/mol. The topological polar surface area (TPSA) is 38.3 Å². The van der Waals surface area contributed by atoms with E-state index in [1.54, 1.807) is 0 Å². The number of nitrogens with one attached hydrogen (secondary N) is 1. The Morgan fingerprint density at radius 1 is 1.32 bits per heavy atom. The normalized spacial score (nSPS) is 12.2. The van der Waals surface area contributed by atoms with Crippen molar-refractivity contribution in [3.8, 4) is 0 Å². The number of hydrogen-bond donors (Lipinski definition) is 1. The van der Waals surface area contributed by atoms with E-state index in [0.717, 1.165) is 11.1 Å². The molecule has 1 aromatic rings. The second-order valence-electron chi connectivity index (χ2n) is 5.28. The van der Waals surface area contributed by atoms with Gasteiger partial charge in [-0.3, -0.25) is 0 Å². The zero-order valence-corrected chi connectivity index (χ0v) is 12.5. The number of carbonyl (C=O) groups is 1. The fraction of sp³-hybridized carbons (Fsp3) is 0.400. The number of ether oxygens (including phenoxy) is 1. The summed E-state index contributed by atoms with van der Waals surface area (Å²) >= 11 is 5.83. The van der Waals surface area contributed by atoms with Crippen molar-refractivity contribution in [1.29, 1.82) is 0 Å². The van der Waals surface area contributed by atoms with Crippen LogP contribution >= 0.6 is 11.6 Å². The first kappa shape index (κ1) is 15.6. The lowest BCUT2D eigenvalue weighted by molar-refractivity contribution is 0.0534. The van der Waals surface area contributed by atoms with Gasteiger partial charge in [0, 0.05) is 11.6 Å². The van der Waals surface area contributed by atoms with Crippen LogP contribution in [0.15, 0.2) is 30.3 Å². The average Bonchev–Trinajstić information content (AvgIpc) is 2.27. The van der Waals surface area contributed by atoms with E-state index in [9.17, 15) is 4.79 Å². The number of rotatable bonds is 3. The number of hydrogen-bond acceptors (Lipinski definition) is 2. The Morgan fingerprint density at radius 2 is 1.89 bits per heavy atom. The van der Waals surface area contributed by atoms with Crippen LogP contribution in [0.25, 0.3) is 5.57 Å². The third-order valence-electron chi connectivity index (χ3n) is 2.35. The summed E-state index contributed by atoms with van der Waals surface area (Å²) in [5.74, 6) is 0. The summed E-state index contributed by atoms with van der Waals surface area (Å²) in [7, 11) is 0. The highest BCUT2D eigenvalue weighted by Crippen LogP contribution is 2.16. The molecule has 0 aliphatic heterocycles. The smallest absolute Gasteiger partial charge is 0.407 e. The summed E-state index contributed by atoms with van der Waals surface area (Å²) in [6.45, 7) is 7.92. The molecule has 1 N–H and O–H groups in total. The molecule has 0 fully saturated rings. The molecule has 0 atom stereocenters. The van der Waals surface area contributed by atoms with Crippen LogP contribution in [0.3, 0.4) is 0 Å². The third-order valence-corrected chi connectivity index (χ3v) is 2.61. The van der Waals surface area contributed by atoms with Gasteiger partial charge in [0.1, 0.15) is 5.60 Å². The second-order valence-corrected chi connectivity index (χ2v) is 5.71. The molecule has 1 rings (SSSR count). The highest BCUT2D eigenvalue weighted by atomic mass is 35.5. The van der Waals surface area contributed by atoms with Gasteiger partial charge >= 0.3 is 6.09 Å². The van der Waals surface area contributed by atoms with E-state index in [1.165, 1.54) is 0 Å². The van der Waals surface area contributed by atoms with Gasteiger partial charge in [0.25, 0.3) is 0 Å². The van der Waals surface area contributed by atoms with Gasteiger partial charge in [-0.2, -0.15) is 0 Å². The maximum Gasteiger partial charge on any atom is 0.407 e. The number of alkyl carbamates (subject to hydrolysis) is 1. The average molecular weight is 282 g/mol. The number of halogens is 1. The Bertz CT molecular complexity index is 458. The van der Waals surface area contributed by atoms with Crippen LogP contribution in [0.1, 0.15) is 33.3 Å². The van der Waals surface area contributed by atoms with Crippen LogP contribution in [0.2, 0.25) is 5.02 Å². The van der Waals surface area contributed by atoms with Crippen molar-refractivity contribution in [3.05, 3.63) is 40.9 Å². The van der Waals surface area contributed by atoms with Crippen LogP contribution in [-0.4, -0.2) is 18.2 Å². The lowest BCUT2D eigenvalue weighted by Gasteiger charge is -2.19. The molecule has 0 spiro atoms. The molecule has 0 saturated carbocycles. The van der Waals surface area contributed by atoms with Crippen LogP contribution in [-0.2, 0) is 4.74 Å². The Morgan fingerprint density at radius 3 is 2.42 bits per heavy atom. The molecule has 0 heterocycles. The molecule has 0 aliphatic rings. The van der Waals surface area contributed by atoms with Crippen LogP contribution < -0.4 is 5.32 Å². The Balaban J connectivity index is 2.48. The summed E-state index contributed by atoms with van der Waals surface area (Å²) in [6.07, 6.45) is 1.53. The molecule has 0 saturated heterocycles. The van der Waals surface area contributed by atoms with Crippen LogP contribution in [0, 0.1) is 0 Å². The predicted octanol–water partition coefficient (Wildman–Crippen LogP) is 4.27. The van der Waals surface area contributed by atoms with Gasteiger partial charge in [-0.05, 0) is 51.0 Å². The molecule has 104 valence electrons. The molecule has 19 heavy (non-hydrogen) atoms. The fourth-order valence-corrected chi connectivity index (χ4v) is 1.56. The third kappa shape index (κ3) is 6.30. The molecule has 0 aromatic heterocycles. The molecule has 0 aliphatic carbocycles. The Hall–Kier alpha value is -1.48. The van der Waals surface area contributed by atoms with Gasteiger partial charge in [0.2, 0.25) is 0 Å². The highest BCUT2D eigenvalue weighted by molar-refractivity contribution is 6.30. The first-order valence-electron chi connectivity index (χ1n) is 6.17. The van der Waals surface area contributed by atoms with E-state index in [4.69, 9.17) is 16.3 Å². The number of amides is 1. The lowest BCUT2D eigenvalue weighted by atomic mass is 10.1. The van der Waals surface area contributed by atoms with E-state index in [2.05, 4.69) is 5.32 Å². The van der Waals surface area contributed by atoms with E-state index in [-0.39, 0.29) is 0 Å². The van der Waals surface area contributed by atoms with E-state index >= 15 is 0 Å². The quantitative estimate of drug-likeness (QED) is 0.898. The van der Waals surface area contributed by atoms with Crippen molar-refractivity contribution in [2.75, 3.05) is 6.54 Å². The van der Waals surface area contributed by atoms with Crippen LogP contribution in [0.5, 0.6) is 0 Å². The number of carbonyl (C=O) groups excluding carboxylic acids is 1. The maximum atomic E-state index is 11.4. The van der Waals surface area contributed by atoms with Gasteiger partial charge in [0.05, 0.1) is 0 Å². The maximum absolute atomic E-state index is 11.4.